The predicted molar refractivity (Wildman–Crippen MR) is 80.7 cm³/mol. The van der Waals surface area contributed by atoms with E-state index < -0.39 is 17.5 Å². The van der Waals surface area contributed by atoms with Crippen molar-refractivity contribution in [2.24, 2.45) is 0 Å². The van der Waals surface area contributed by atoms with Gasteiger partial charge in [0.25, 0.3) is 0 Å². The first-order valence-corrected chi connectivity index (χ1v) is 7.71. The second-order valence-corrected chi connectivity index (χ2v) is 6.56. The first kappa shape index (κ1) is 14.9. The zero-order chi connectivity index (χ0) is 16.1. The molecular formula is C18H20O4. The highest BCUT2D eigenvalue weighted by Gasteiger charge is 2.57. The summed E-state index contributed by atoms with van der Waals surface area (Å²) in [7, 11) is 0. The molecule has 2 aliphatic rings. The molecule has 1 unspecified atom stereocenters. The Morgan fingerprint density at radius 3 is 2.09 bits per heavy atom. The first-order chi connectivity index (χ1) is 10.3. The summed E-state index contributed by atoms with van der Waals surface area (Å²) in [6, 6.07) is 3.97. The van der Waals surface area contributed by atoms with Gasteiger partial charge in [-0.1, -0.05) is 17.7 Å². The third-order valence-corrected chi connectivity index (χ3v) is 4.88. The fourth-order valence-corrected chi connectivity index (χ4v) is 3.85. The molecule has 116 valence electrons. The van der Waals surface area contributed by atoms with Gasteiger partial charge in [0.05, 0.1) is 0 Å². The van der Waals surface area contributed by atoms with Crippen LogP contribution in [0.4, 0.5) is 0 Å². The van der Waals surface area contributed by atoms with Crippen LogP contribution in [0.2, 0.25) is 0 Å². The molecule has 1 heterocycles. The average molecular weight is 300 g/mol. The maximum atomic E-state index is 12.9. The Morgan fingerprint density at radius 2 is 1.55 bits per heavy atom. The third-order valence-electron chi connectivity index (χ3n) is 4.88. The molecule has 0 aromatic heterocycles. The highest BCUT2D eigenvalue weighted by molar-refractivity contribution is 6.14. The van der Waals surface area contributed by atoms with Gasteiger partial charge in [-0.2, -0.15) is 0 Å². The lowest BCUT2D eigenvalue weighted by Crippen LogP contribution is -2.41. The van der Waals surface area contributed by atoms with Crippen molar-refractivity contribution >= 4 is 17.5 Å². The number of carbonyl (C=O) groups is 3. The lowest BCUT2D eigenvalue weighted by molar-refractivity contribution is -0.156. The summed E-state index contributed by atoms with van der Waals surface area (Å²) in [5.74, 6) is -1.33. The Morgan fingerprint density at radius 1 is 1.00 bits per heavy atom. The van der Waals surface area contributed by atoms with E-state index in [-0.39, 0.29) is 11.6 Å². The Labute approximate surface area is 129 Å². The minimum absolute atomic E-state index is 0.139. The van der Waals surface area contributed by atoms with Crippen molar-refractivity contribution < 1.29 is 19.1 Å². The van der Waals surface area contributed by atoms with Gasteiger partial charge in [0.2, 0.25) is 0 Å². The minimum Gasteiger partial charge on any atom is -0.450 e. The van der Waals surface area contributed by atoms with Crippen LogP contribution >= 0.6 is 0 Å². The summed E-state index contributed by atoms with van der Waals surface area (Å²) in [6.07, 6.45) is 1.29. The van der Waals surface area contributed by atoms with E-state index in [1.54, 1.807) is 0 Å². The minimum atomic E-state index is -1.07. The SMILES string of the molecule is Cc1cc(C)c(C2C(=O)OC3(CCC(=O)CC3)C2=O)c(C)c1. The molecule has 1 spiro atoms. The molecule has 4 nitrogen and oxygen atoms in total. The predicted octanol–water partition coefficient (Wildman–Crippen LogP) is 2.70. The number of hydrogen-bond donors (Lipinski definition) is 0. The van der Waals surface area contributed by atoms with E-state index in [0.29, 0.717) is 25.7 Å². The maximum Gasteiger partial charge on any atom is 0.322 e. The molecule has 4 heteroatoms. The van der Waals surface area contributed by atoms with Crippen LogP contribution in [0.5, 0.6) is 0 Å². The van der Waals surface area contributed by atoms with Gasteiger partial charge < -0.3 is 4.74 Å². The smallest absolute Gasteiger partial charge is 0.322 e. The number of rotatable bonds is 1. The molecular weight excluding hydrogens is 280 g/mol. The highest BCUT2D eigenvalue weighted by atomic mass is 16.6. The summed E-state index contributed by atoms with van der Waals surface area (Å²) in [5.41, 5.74) is 2.69. The first-order valence-electron chi connectivity index (χ1n) is 7.71. The Bertz CT molecular complexity index is 653. The van der Waals surface area contributed by atoms with E-state index in [9.17, 15) is 14.4 Å². The number of hydrogen-bond acceptors (Lipinski definition) is 4. The fraction of sp³-hybridized carbons (Fsp3) is 0.500. The van der Waals surface area contributed by atoms with E-state index in [4.69, 9.17) is 4.74 Å². The molecule has 22 heavy (non-hydrogen) atoms. The molecule has 1 aliphatic carbocycles. The number of benzene rings is 1. The average Bonchev–Trinajstić information content (AvgIpc) is 2.66. The van der Waals surface area contributed by atoms with Crippen molar-refractivity contribution in [2.45, 2.75) is 58.0 Å². The molecule has 0 bridgehead atoms. The van der Waals surface area contributed by atoms with Crippen LogP contribution in [0, 0.1) is 20.8 Å². The van der Waals surface area contributed by atoms with Crippen LogP contribution in [0.3, 0.4) is 0 Å². The summed E-state index contributed by atoms with van der Waals surface area (Å²) >= 11 is 0. The number of ketones is 2. The molecule has 2 fully saturated rings. The van der Waals surface area contributed by atoms with Crippen LogP contribution in [0.25, 0.3) is 0 Å². The topological polar surface area (TPSA) is 60.4 Å². The second kappa shape index (κ2) is 5.04. The number of esters is 1. The molecule has 1 aromatic carbocycles. The zero-order valence-corrected chi connectivity index (χ0v) is 13.2. The lowest BCUT2D eigenvalue weighted by Gasteiger charge is -2.29. The molecule has 1 saturated heterocycles. The van der Waals surface area contributed by atoms with Gasteiger partial charge in [0.1, 0.15) is 11.7 Å². The van der Waals surface area contributed by atoms with Crippen LogP contribution in [0.15, 0.2) is 12.1 Å². The largest absolute Gasteiger partial charge is 0.450 e. The molecule has 0 radical (unpaired) electrons. The van der Waals surface area contributed by atoms with Crippen LogP contribution in [-0.4, -0.2) is 23.1 Å². The van der Waals surface area contributed by atoms with Crippen LogP contribution in [-0.2, 0) is 19.1 Å². The summed E-state index contributed by atoms with van der Waals surface area (Å²) in [4.78, 5) is 36.8. The Kier molecular flexibility index (Phi) is 3.42. The molecule has 3 rings (SSSR count). The summed E-state index contributed by atoms with van der Waals surface area (Å²) in [6.45, 7) is 5.84. The van der Waals surface area contributed by atoms with Crippen LogP contribution in [0.1, 0.15) is 53.9 Å². The van der Waals surface area contributed by atoms with Crippen molar-refractivity contribution in [3.05, 3.63) is 34.4 Å². The molecule has 0 N–H and O–H groups in total. The van der Waals surface area contributed by atoms with E-state index >= 15 is 0 Å². The molecule has 1 aliphatic heterocycles. The number of aryl methyl sites for hydroxylation is 3. The van der Waals surface area contributed by atoms with Crippen LogP contribution < -0.4 is 0 Å². The Hall–Kier alpha value is -1.97. The molecule has 1 aromatic rings. The van der Waals surface area contributed by atoms with Crippen molar-refractivity contribution in [2.75, 3.05) is 0 Å². The van der Waals surface area contributed by atoms with Crippen molar-refractivity contribution in [3.63, 3.8) is 0 Å². The van der Waals surface area contributed by atoms with Crippen molar-refractivity contribution in [3.8, 4) is 0 Å². The quantitative estimate of drug-likeness (QED) is 0.591. The highest BCUT2D eigenvalue weighted by Crippen LogP contribution is 2.43. The van der Waals surface area contributed by atoms with Gasteiger partial charge in [0.15, 0.2) is 11.4 Å². The molecule has 1 saturated carbocycles. The van der Waals surface area contributed by atoms with Gasteiger partial charge in [-0.25, -0.2) is 0 Å². The van der Waals surface area contributed by atoms with E-state index in [0.717, 1.165) is 22.3 Å². The standard InChI is InChI=1S/C18H20O4/c1-10-8-11(2)14(12(3)9-10)15-16(20)18(22-17(15)21)6-4-13(19)5-7-18/h8-9,15H,4-7H2,1-3H3. The second-order valence-electron chi connectivity index (χ2n) is 6.56. The van der Waals surface area contributed by atoms with Gasteiger partial charge in [-0.15, -0.1) is 0 Å². The number of ether oxygens (including phenoxy) is 1. The maximum absolute atomic E-state index is 12.9. The number of carbonyl (C=O) groups excluding carboxylic acids is 3. The van der Waals surface area contributed by atoms with Gasteiger partial charge in [-0.05, 0) is 37.5 Å². The normalized spacial score (nSPS) is 24.0. The molecule has 1 atom stereocenters. The van der Waals surface area contributed by atoms with E-state index in [2.05, 4.69) is 0 Å². The summed E-state index contributed by atoms with van der Waals surface area (Å²) in [5, 5.41) is 0. The van der Waals surface area contributed by atoms with E-state index in [1.165, 1.54) is 0 Å². The summed E-state index contributed by atoms with van der Waals surface area (Å²) < 4.78 is 5.52. The third kappa shape index (κ3) is 2.18. The molecule has 0 amide bonds. The fourth-order valence-electron chi connectivity index (χ4n) is 3.85. The van der Waals surface area contributed by atoms with Gasteiger partial charge in [-0.3, -0.25) is 14.4 Å². The van der Waals surface area contributed by atoms with Gasteiger partial charge in [0, 0.05) is 25.7 Å². The van der Waals surface area contributed by atoms with Gasteiger partial charge >= 0.3 is 5.97 Å². The zero-order valence-electron chi connectivity index (χ0n) is 13.2. The lowest BCUT2D eigenvalue weighted by atomic mass is 9.76. The van der Waals surface area contributed by atoms with Crippen molar-refractivity contribution in [1.82, 2.24) is 0 Å². The number of Topliss-reactive ketones (excluding diaryl/α,β-unsaturated/α-hetero) is 2. The van der Waals surface area contributed by atoms with Crippen molar-refractivity contribution in [1.29, 1.82) is 0 Å². The Balaban J connectivity index is 2.01. The van der Waals surface area contributed by atoms with E-state index in [1.807, 2.05) is 32.9 Å². The monoisotopic (exact) mass is 300 g/mol.